The first-order valence-corrected chi connectivity index (χ1v) is 11.7. The van der Waals surface area contributed by atoms with Crippen molar-refractivity contribution in [3.63, 3.8) is 0 Å². The predicted octanol–water partition coefficient (Wildman–Crippen LogP) is 3.16. The third-order valence-electron chi connectivity index (χ3n) is 4.05. The molecule has 0 aliphatic carbocycles. The Morgan fingerprint density at radius 2 is 2.08 bits per heavy atom. The molecule has 0 radical (unpaired) electrons. The minimum absolute atomic E-state index is 0.0352. The number of thioether (sulfide) groups is 1. The molecule has 0 saturated carbocycles. The molecule has 0 bridgehead atoms. The second-order valence-corrected chi connectivity index (χ2v) is 10.2. The second-order valence-electron chi connectivity index (χ2n) is 5.90. The van der Waals surface area contributed by atoms with E-state index in [1.54, 1.807) is 25.1 Å². The summed E-state index contributed by atoms with van der Waals surface area (Å²) in [5, 5.41) is 0. The van der Waals surface area contributed by atoms with E-state index in [2.05, 4.69) is 9.71 Å². The van der Waals surface area contributed by atoms with E-state index in [9.17, 15) is 13.2 Å². The van der Waals surface area contributed by atoms with Gasteiger partial charge in [-0.25, -0.2) is 13.4 Å². The number of nitrogens with one attached hydrogen (secondary N) is 1. The number of likely N-dealkylation sites (tertiary alicyclic amines) is 1. The Balaban J connectivity index is 1.65. The lowest BCUT2D eigenvalue weighted by atomic mass is 10.1. The van der Waals surface area contributed by atoms with Gasteiger partial charge in [-0.2, -0.15) is 0 Å². The van der Waals surface area contributed by atoms with Gasteiger partial charge in [-0.05, 0) is 44.4 Å². The number of anilines is 1. The molecule has 1 aromatic carbocycles. The summed E-state index contributed by atoms with van der Waals surface area (Å²) in [6.07, 6.45) is 3.39. The van der Waals surface area contributed by atoms with E-state index in [1.165, 1.54) is 29.5 Å². The van der Waals surface area contributed by atoms with Crippen molar-refractivity contribution in [2.45, 2.75) is 30.5 Å². The van der Waals surface area contributed by atoms with Crippen LogP contribution >= 0.6 is 23.1 Å². The lowest BCUT2D eigenvalue weighted by Gasteiger charge is -2.26. The fourth-order valence-corrected chi connectivity index (χ4v) is 5.28. The fraction of sp³-hybridized carbons (Fsp3) is 0.500. The summed E-state index contributed by atoms with van der Waals surface area (Å²) in [5.74, 6) is 0.600. The van der Waals surface area contributed by atoms with Gasteiger partial charge in [-0.15, -0.1) is 11.3 Å². The van der Waals surface area contributed by atoms with Gasteiger partial charge in [0.25, 0.3) is 0 Å². The molecule has 1 aromatic heterocycles. The SMILES string of the molecule is CCS(=O)(=O)Nc1ccc2nc(SCC(=O)N3CCCCC3)sc2c1. The molecule has 6 nitrogen and oxygen atoms in total. The van der Waals surface area contributed by atoms with Gasteiger partial charge >= 0.3 is 0 Å². The van der Waals surface area contributed by atoms with Crippen molar-refractivity contribution in [2.24, 2.45) is 0 Å². The van der Waals surface area contributed by atoms with E-state index in [0.29, 0.717) is 11.4 Å². The summed E-state index contributed by atoms with van der Waals surface area (Å²) in [6.45, 7) is 3.32. The number of fused-ring (bicyclic) bond motifs is 1. The van der Waals surface area contributed by atoms with Crippen LogP contribution in [-0.4, -0.2) is 48.8 Å². The van der Waals surface area contributed by atoms with Crippen LogP contribution in [0.5, 0.6) is 0 Å². The summed E-state index contributed by atoms with van der Waals surface area (Å²) in [7, 11) is -3.29. The minimum atomic E-state index is -3.29. The average Bonchev–Trinajstić information content (AvgIpc) is 3.02. The van der Waals surface area contributed by atoms with Crippen LogP contribution in [0.1, 0.15) is 26.2 Å². The Hall–Kier alpha value is -1.32. The van der Waals surface area contributed by atoms with Crippen LogP contribution in [0.4, 0.5) is 5.69 Å². The number of sulfonamides is 1. The van der Waals surface area contributed by atoms with E-state index in [-0.39, 0.29) is 11.7 Å². The van der Waals surface area contributed by atoms with Crippen LogP contribution in [0.15, 0.2) is 22.5 Å². The van der Waals surface area contributed by atoms with Gasteiger partial charge in [0.2, 0.25) is 15.9 Å². The van der Waals surface area contributed by atoms with Crippen molar-refractivity contribution in [1.82, 2.24) is 9.88 Å². The van der Waals surface area contributed by atoms with Crippen LogP contribution < -0.4 is 4.72 Å². The molecule has 136 valence electrons. The van der Waals surface area contributed by atoms with Gasteiger partial charge in [-0.1, -0.05) is 11.8 Å². The monoisotopic (exact) mass is 399 g/mol. The molecule has 9 heteroatoms. The number of hydrogen-bond donors (Lipinski definition) is 1. The Bertz CT molecular complexity index is 858. The Morgan fingerprint density at radius 3 is 2.80 bits per heavy atom. The van der Waals surface area contributed by atoms with E-state index in [0.717, 1.165) is 40.5 Å². The average molecular weight is 400 g/mol. The Labute approximate surface area is 156 Å². The summed E-state index contributed by atoms with van der Waals surface area (Å²) in [6, 6.07) is 5.30. The van der Waals surface area contributed by atoms with Crippen LogP contribution in [0.25, 0.3) is 10.2 Å². The molecule has 1 N–H and O–H groups in total. The minimum Gasteiger partial charge on any atom is -0.342 e. The number of carbonyl (C=O) groups is 1. The lowest BCUT2D eigenvalue weighted by molar-refractivity contribution is -0.129. The van der Waals surface area contributed by atoms with Gasteiger partial charge < -0.3 is 4.90 Å². The largest absolute Gasteiger partial charge is 0.342 e. The summed E-state index contributed by atoms with van der Waals surface area (Å²) in [5.41, 5.74) is 1.36. The number of nitrogens with zero attached hydrogens (tertiary/aromatic N) is 2. The number of amides is 1. The maximum atomic E-state index is 12.2. The van der Waals surface area contributed by atoms with Crippen LogP contribution in [-0.2, 0) is 14.8 Å². The topological polar surface area (TPSA) is 79.4 Å². The van der Waals surface area contributed by atoms with Crippen molar-refractivity contribution in [1.29, 1.82) is 0 Å². The van der Waals surface area contributed by atoms with Crippen molar-refractivity contribution in [2.75, 3.05) is 29.3 Å². The van der Waals surface area contributed by atoms with Gasteiger partial charge in [0.15, 0.2) is 4.34 Å². The predicted molar refractivity (Wildman–Crippen MR) is 104 cm³/mol. The maximum absolute atomic E-state index is 12.2. The molecule has 1 amide bonds. The number of aromatic nitrogens is 1. The summed E-state index contributed by atoms with van der Waals surface area (Å²) >= 11 is 2.93. The molecule has 2 aromatic rings. The van der Waals surface area contributed by atoms with Crippen molar-refractivity contribution in [3.05, 3.63) is 18.2 Å². The quantitative estimate of drug-likeness (QED) is 0.755. The number of piperidine rings is 1. The highest BCUT2D eigenvalue weighted by Gasteiger charge is 2.17. The highest BCUT2D eigenvalue weighted by Crippen LogP contribution is 2.31. The highest BCUT2D eigenvalue weighted by atomic mass is 32.2. The molecule has 1 aliphatic rings. The molecule has 0 unspecified atom stereocenters. The lowest BCUT2D eigenvalue weighted by Crippen LogP contribution is -2.36. The zero-order valence-corrected chi connectivity index (χ0v) is 16.5. The number of rotatable bonds is 6. The molecule has 1 fully saturated rings. The van der Waals surface area contributed by atoms with Crippen LogP contribution in [0.2, 0.25) is 0 Å². The normalized spacial score (nSPS) is 15.5. The first-order chi connectivity index (χ1) is 12.0. The van der Waals surface area contributed by atoms with Gasteiger partial charge in [-0.3, -0.25) is 9.52 Å². The van der Waals surface area contributed by atoms with Crippen LogP contribution in [0, 0.1) is 0 Å². The molecular weight excluding hydrogens is 378 g/mol. The van der Waals surface area contributed by atoms with E-state index in [1.807, 2.05) is 4.90 Å². The molecule has 1 aliphatic heterocycles. The zero-order valence-electron chi connectivity index (χ0n) is 14.0. The van der Waals surface area contributed by atoms with Crippen molar-refractivity contribution < 1.29 is 13.2 Å². The molecule has 0 spiro atoms. The first-order valence-electron chi connectivity index (χ1n) is 8.28. The third kappa shape index (κ3) is 4.86. The number of thiazole rings is 1. The van der Waals surface area contributed by atoms with Crippen LogP contribution in [0.3, 0.4) is 0 Å². The fourth-order valence-electron chi connectivity index (χ4n) is 2.64. The number of carbonyl (C=O) groups excluding carboxylic acids is 1. The van der Waals surface area contributed by atoms with Crippen molar-refractivity contribution >= 4 is 54.9 Å². The maximum Gasteiger partial charge on any atom is 0.233 e. The Morgan fingerprint density at radius 1 is 1.32 bits per heavy atom. The zero-order chi connectivity index (χ0) is 17.9. The van der Waals surface area contributed by atoms with E-state index in [4.69, 9.17) is 0 Å². The number of benzene rings is 1. The second kappa shape index (κ2) is 7.92. The molecule has 2 heterocycles. The van der Waals surface area contributed by atoms with E-state index < -0.39 is 10.0 Å². The molecule has 1 saturated heterocycles. The highest BCUT2D eigenvalue weighted by molar-refractivity contribution is 8.01. The molecule has 3 rings (SSSR count). The smallest absolute Gasteiger partial charge is 0.233 e. The molecular formula is C16H21N3O3S3. The molecule has 0 atom stereocenters. The molecule has 25 heavy (non-hydrogen) atoms. The third-order valence-corrected chi connectivity index (χ3v) is 7.50. The van der Waals surface area contributed by atoms with Crippen molar-refractivity contribution in [3.8, 4) is 0 Å². The first kappa shape index (κ1) is 18.5. The van der Waals surface area contributed by atoms with E-state index >= 15 is 0 Å². The standard InChI is InChI=1S/C16H21N3O3S3/c1-2-25(21,22)18-12-6-7-13-14(10-12)24-16(17-13)23-11-15(20)19-8-4-3-5-9-19/h6-7,10,18H,2-5,8-9,11H2,1H3. The van der Waals surface area contributed by atoms with Gasteiger partial charge in [0, 0.05) is 13.1 Å². The van der Waals surface area contributed by atoms with Gasteiger partial charge in [0.05, 0.1) is 27.4 Å². The summed E-state index contributed by atoms with van der Waals surface area (Å²) in [4.78, 5) is 18.7. The summed E-state index contributed by atoms with van der Waals surface area (Å²) < 4.78 is 27.6. The van der Waals surface area contributed by atoms with Gasteiger partial charge in [0.1, 0.15) is 0 Å². The Kier molecular flexibility index (Phi) is 5.85. The number of hydrogen-bond acceptors (Lipinski definition) is 6.